The van der Waals surface area contributed by atoms with Crippen molar-refractivity contribution in [2.24, 2.45) is 0 Å². The number of nitrogens with zero attached hydrogens (tertiary/aromatic N) is 3. The Balaban J connectivity index is 2.05. The number of aromatic nitrogens is 3. The molecule has 0 aliphatic carbocycles. The molecule has 0 fully saturated rings. The Morgan fingerprint density at radius 1 is 1.27 bits per heavy atom. The number of rotatable bonds is 6. The second-order valence-corrected chi connectivity index (χ2v) is 4.70. The van der Waals surface area contributed by atoms with Gasteiger partial charge in [0.2, 0.25) is 0 Å². The van der Waals surface area contributed by atoms with Gasteiger partial charge in [-0.3, -0.25) is 4.79 Å². The summed E-state index contributed by atoms with van der Waals surface area (Å²) in [4.78, 5) is 12.0. The summed E-state index contributed by atoms with van der Waals surface area (Å²) in [6, 6.07) is 9.03. The average Bonchev–Trinajstić information content (AvgIpc) is 3.02. The van der Waals surface area contributed by atoms with E-state index in [-0.39, 0.29) is 5.69 Å². The average molecular weight is 307 g/mol. The van der Waals surface area contributed by atoms with Crippen LogP contribution in [-0.2, 0) is 9.53 Å². The first-order valence-corrected chi connectivity index (χ1v) is 6.64. The number of hydrogen-bond acceptors (Lipinski definition) is 7. The summed E-state index contributed by atoms with van der Waals surface area (Å²) in [5.74, 6) is -0.587. The maximum Gasteiger partial charge on any atom is 0.302 e. The van der Waals surface area contributed by atoms with Gasteiger partial charge in [-0.25, -0.2) is 0 Å². The van der Waals surface area contributed by atoms with E-state index in [9.17, 15) is 20.1 Å². The van der Waals surface area contributed by atoms with E-state index in [1.807, 2.05) is 18.2 Å². The molecule has 0 amide bonds. The Bertz CT molecular complexity index is 616. The molecule has 2 aromatic rings. The zero-order chi connectivity index (χ0) is 16.1. The summed E-state index contributed by atoms with van der Waals surface area (Å²) < 4.78 is 4.58. The first kappa shape index (κ1) is 16.1. The largest absolute Gasteiger partial charge is 0.463 e. The Morgan fingerprint density at radius 2 is 1.95 bits per heavy atom. The van der Waals surface area contributed by atoms with Crippen LogP contribution in [0.1, 0.15) is 18.7 Å². The van der Waals surface area contributed by atoms with Gasteiger partial charge in [0.05, 0.1) is 11.9 Å². The van der Waals surface area contributed by atoms with E-state index >= 15 is 0 Å². The number of para-hydroxylation sites is 1. The molecule has 3 N–H and O–H groups in total. The van der Waals surface area contributed by atoms with E-state index in [4.69, 9.17) is 0 Å². The molecule has 118 valence electrons. The zero-order valence-electron chi connectivity index (χ0n) is 11.9. The number of carbonyl (C=O) groups is 1. The fourth-order valence-electron chi connectivity index (χ4n) is 1.78. The van der Waals surface area contributed by atoms with Crippen molar-refractivity contribution in [3.05, 3.63) is 42.2 Å². The number of aliphatic hydroxyl groups is 3. The minimum absolute atomic E-state index is 0.0956. The lowest BCUT2D eigenvalue weighted by atomic mass is 10.1. The van der Waals surface area contributed by atoms with Crippen molar-refractivity contribution >= 4 is 5.97 Å². The van der Waals surface area contributed by atoms with E-state index in [2.05, 4.69) is 14.9 Å². The molecule has 0 unspecified atom stereocenters. The number of benzene rings is 1. The quantitative estimate of drug-likeness (QED) is 0.621. The molecule has 8 heteroatoms. The molecule has 3 atom stereocenters. The predicted molar refractivity (Wildman–Crippen MR) is 75.0 cm³/mol. The second-order valence-electron chi connectivity index (χ2n) is 4.70. The summed E-state index contributed by atoms with van der Waals surface area (Å²) >= 11 is 0. The molecule has 0 saturated carbocycles. The van der Waals surface area contributed by atoms with Crippen molar-refractivity contribution in [2.75, 3.05) is 6.61 Å². The number of carbonyl (C=O) groups excluding carboxylic acids is 1. The predicted octanol–water partition coefficient (Wildman–Crippen LogP) is -0.414. The Hall–Kier alpha value is -2.29. The normalized spacial score (nSPS) is 15.1. The molecule has 22 heavy (non-hydrogen) atoms. The van der Waals surface area contributed by atoms with Gasteiger partial charge in [0, 0.05) is 6.92 Å². The van der Waals surface area contributed by atoms with Crippen LogP contribution in [0.5, 0.6) is 0 Å². The van der Waals surface area contributed by atoms with Crippen molar-refractivity contribution in [3.8, 4) is 5.69 Å². The van der Waals surface area contributed by atoms with Gasteiger partial charge >= 0.3 is 5.97 Å². The molecule has 2 rings (SSSR count). The number of ether oxygens (including phenoxy) is 1. The molecule has 0 aliphatic rings. The maximum atomic E-state index is 10.7. The molecule has 1 aromatic heterocycles. The van der Waals surface area contributed by atoms with Crippen LogP contribution in [0.25, 0.3) is 5.69 Å². The lowest BCUT2D eigenvalue weighted by Gasteiger charge is -2.20. The van der Waals surface area contributed by atoms with E-state index in [0.29, 0.717) is 5.69 Å². The second kappa shape index (κ2) is 7.12. The van der Waals surface area contributed by atoms with Crippen molar-refractivity contribution in [1.82, 2.24) is 15.0 Å². The van der Waals surface area contributed by atoms with Gasteiger partial charge in [0.15, 0.2) is 0 Å². The van der Waals surface area contributed by atoms with Crippen molar-refractivity contribution in [1.29, 1.82) is 0 Å². The number of hydrogen-bond donors (Lipinski definition) is 3. The van der Waals surface area contributed by atoms with Gasteiger partial charge in [-0.15, -0.1) is 0 Å². The van der Waals surface area contributed by atoms with Crippen LogP contribution in [0.15, 0.2) is 36.5 Å². The molecule has 0 aliphatic heterocycles. The maximum absolute atomic E-state index is 10.7. The molecular weight excluding hydrogens is 290 g/mol. The fraction of sp³-hybridized carbons (Fsp3) is 0.357. The van der Waals surface area contributed by atoms with E-state index in [1.54, 1.807) is 12.1 Å². The lowest BCUT2D eigenvalue weighted by molar-refractivity contribution is -0.149. The van der Waals surface area contributed by atoms with Crippen LogP contribution < -0.4 is 0 Å². The van der Waals surface area contributed by atoms with Gasteiger partial charge in [0.25, 0.3) is 0 Å². The third kappa shape index (κ3) is 3.88. The van der Waals surface area contributed by atoms with Crippen LogP contribution in [0.2, 0.25) is 0 Å². The van der Waals surface area contributed by atoms with Gasteiger partial charge < -0.3 is 20.1 Å². The highest BCUT2D eigenvalue weighted by molar-refractivity contribution is 5.65. The van der Waals surface area contributed by atoms with Crippen LogP contribution in [-0.4, -0.2) is 55.1 Å². The minimum atomic E-state index is -1.56. The van der Waals surface area contributed by atoms with Gasteiger partial charge in [-0.2, -0.15) is 15.0 Å². The summed E-state index contributed by atoms with van der Waals surface area (Å²) in [5, 5.41) is 37.6. The smallest absolute Gasteiger partial charge is 0.302 e. The third-order valence-electron chi connectivity index (χ3n) is 2.97. The first-order valence-electron chi connectivity index (χ1n) is 6.64. The van der Waals surface area contributed by atoms with Crippen LogP contribution >= 0.6 is 0 Å². The summed E-state index contributed by atoms with van der Waals surface area (Å²) in [6.07, 6.45) is -3.15. The molecule has 1 heterocycles. The highest BCUT2D eigenvalue weighted by atomic mass is 16.5. The zero-order valence-corrected chi connectivity index (χ0v) is 11.9. The molecule has 0 spiro atoms. The van der Waals surface area contributed by atoms with Crippen LogP contribution in [0.4, 0.5) is 0 Å². The molecule has 1 aromatic carbocycles. The summed E-state index contributed by atoms with van der Waals surface area (Å²) in [5.41, 5.74) is 0.786. The molecule has 0 bridgehead atoms. The van der Waals surface area contributed by atoms with E-state index in [0.717, 1.165) is 0 Å². The lowest BCUT2D eigenvalue weighted by Crippen LogP contribution is -2.36. The monoisotopic (exact) mass is 307 g/mol. The van der Waals surface area contributed by atoms with E-state index in [1.165, 1.54) is 17.9 Å². The van der Waals surface area contributed by atoms with Gasteiger partial charge in [0.1, 0.15) is 30.6 Å². The Labute approximate surface area is 126 Å². The van der Waals surface area contributed by atoms with E-state index < -0.39 is 30.9 Å². The molecular formula is C14H17N3O5. The summed E-state index contributed by atoms with van der Waals surface area (Å²) in [7, 11) is 0. The Morgan fingerprint density at radius 3 is 2.59 bits per heavy atom. The van der Waals surface area contributed by atoms with Crippen LogP contribution in [0.3, 0.4) is 0 Å². The molecule has 0 saturated heterocycles. The Kier molecular flexibility index (Phi) is 5.21. The highest BCUT2D eigenvalue weighted by Crippen LogP contribution is 2.17. The molecule has 0 radical (unpaired) electrons. The highest BCUT2D eigenvalue weighted by Gasteiger charge is 2.29. The topological polar surface area (TPSA) is 118 Å². The number of esters is 1. The minimum Gasteiger partial charge on any atom is -0.463 e. The fourth-order valence-corrected chi connectivity index (χ4v) is 1.78. The summed E-state index contributed by atoms with van der Waals surface area (Å²) in [6.45, 7) is 0.765. The first-order chi connectivity index (χ1) is 10.5. The van der Waals surface area contributed by atoms with Gasteiger partial charge in [-0.1, -0.05) is 18.2 Å². The number of aliphatic hydroxyl groups excluding tert-OH is 3. The van der Waals surface area contributed by atoms with Crippen molar-refractivity contribution in [2.45, 2.75) is 25.2 Å². The van der Waals surface area contributed by atoms with Crippen LogP contribution in [0, 0.1) is 0 Å². The molecule has 8 nitrogen and oxygen atoms in total. The van der Waals surface area contributed by atoms with Crippen molar-refractivity contribution < 1.29 is 24.9 Å². The SMILES string of the molecule is CC(=O)OC[C@@H](O)[C@@H](O)[C@H](O)c1cnn(-c2ccccc2)n1. The van der Waals surface area contributed by atoms with Gasteiger partial charge in [-0.05, 0) is 12.1 Å². The third-order valence-corrected chi connectivity index (χ3v) is 2.97. The van der Waals surface area contributed by atoms with Crippen molar-refractivity contribution in [3.63, 3.8) is 0 Å². The standard InChI is InChI=1S/C14H17N3O5/c1-9(18)22-8-12(19)14(21)13(20)11-7-15-17(16-11)10-5-3-2-4-6-10/h2-7,12-14,19-21H,8H2,1H3/t12-,13-,14-/m1/s1.